The third-order valence-corrected chi connectivity index (χ3v) is 5.21. The summed E-state index contributed by atoms with van der Waals surface area (Å²) in [5.41, 5.74) is 4.20. The second-order valence-electron chi connectivity index (χ2n) is 5.99. The summed E-state index contributed by atoms with van der Waals surface area (Å²) in [7, 11) is 0. The van der Waals surface area contributed by atoms with Gasteiger partial charge in [0.2, 0.25) is 0 Å². The molecule has 0 saturated carbocycles. The number of anilines is 1. The van der Waals surface area contributed by atoms with Crippen molar-refractivity contribution in [3.8, 4) is 0 Å². The zero-order valence-corrected chi connectivity index (χ0v) is 13.5. The predicted molar refractivity (Wildman–Crippen MR) is 87.2 cm³/mol. The highest BCUT2D eigenvalue weighted by Gasteiger charge is 2.20. The second kappa shape index (κ2) is 5.60. The van der Waals surface area contributed by atoms with Crippen LogP contribution in [0.1, 0.15) is 45.4 Å². The fraction of sp³-hybridized carbons (Fsp3) is 0.412. The van der Waals surface area contributed by atoms with Crippen molar-refractivity contribution in [1.82, 2.24) is 4.98 Å². The first kappa shape index (κ1) is 14.3. The highest BCUT2D eigenvalue weighted by atomic mass is 32.1. The molecule has 3 rings (SSSR count). The minimum absolute atomic E-state index is 0.0720. The molecule has 0 saturated heterocycles. The zero-order valence-electron chi connectivity index (χ0n) is 12.7. The first-order valence-corrected chi connectivity index (χ1v) is 8.22. The molecule has 110 valence electrons. The van der Waals surface area contributed by atoms with Gasteiger partial charge in [-0.1, -0.05) is 13.0 Å². The Hall–Kier alpha value is -1.68. The molecule has 0 bridgehead atoms. The molecule has 0 fully saturated rings. The van der Waals surface area contributed by atoms with Crippen molar-refractivity contribution in [2.45, 2.75) is 40.0 Å². The molecular weight excluding hydrogens is 280 g/mol. The van der Waals surface area contributed by atoms with Crippen LogP contribution >= 0.6 is 11.3 Å². The number of aromatic nitrogens is 1. The van der Waals surface area contributed by atoms with Crippen molar-refractivity contribution in [3.05, 3.63) is 45.5 Å². The van der Waals surface area contributed by atoms with Gasteiger partial charge >= 0.3 is 0 Å². The molecule has 1 unspecified atom stereocenters. The Kier molecular flexibility index (Phi) is 3.81. The fourth-order valence-corrected chi connectivity index (χ4v) is 3.81. The zero-order chi connectivity index (χ0) is 15.0. The number of benzene rings is 1. The molecular formula is C17H20N2OS. The number of aryl methyl sites for hydroxylation is 3. The molecule has 1 N–H and O–H groups in total. The SMILES string of the molecule is Cc1ccc(C(=O)Nc2nc3c(s2)CC(C)CC3)cc1C. The van der Waals surface area contributed by atoms with Crippen LogP contribution in [0.4, 0.5) is 5.13 Å². The van der Waals surface area contributed by atoms with Gasteiger partial charge in [0.25, 0.3) is 5.91 Å². The van der Waals surface area contributed by atoms with E-state index in [-0.39, 0.29) is 5.91 Å². The lowest BCUT2D eigenvalue weighted by Gasteiger charge is -2.15. The summed E-state index contributed by atoms with van der Waals surface area (Å²) >= 11 is 1.63. The van der Waals surface area contributed by atoms with E-state index in [0.29, 0.717) is 5.56 Å². The third-order valence-electron chi connectivity index (χ3n) is 4.18. The number of nitrogens with zero attached hydrogens (tertiary/aromatic N) is 1. The van der Waals surface area contributed by atoms with Gasteiger partial charge in [-0.25, -0.2) is 4.98 Å². The van der Waals surface area contributed by atoms with Gasteiger partial charge in [-0.15, -0.1) is 11.3 Å². The lowest BCUT2D eigenvalue weighted by molar-refractivity contribution is 0.102. The third kappa shape index (κ3) is 3.00. The number of hydrogen-bond acceptors (Lipinski definition) is 3. The van der Waals surface area contributed by atoms with Crippen molar-refractivity contribution in [2.24, 2.45) is 5.92 Å². The average Bonchev–Trinajstić information content (AvgIpc) is 2.83. The quantitative estimate of drug-likeness (QED) is 0.905. The first-order chi connectivity index (χ1) is 10.0. The summed E-state index contributed by atoms with van der Waals surface area (Å²) in [5.74, 6) is 0.651. The van der Waals surface area contributed by atoms with E-state index in [2.05, 4.69) is 17.2 Å². The van der Waals surface area contributed by atoms with Gasteiger partial charge in [-0.05, 0) is 62.3 Å². The van der Waals surface area contributed by atoms with Crippen molar-refractivity contribution in [3.63, 3.8) is 0 Å². The topological polar surface area (TPSA) is 42.0 Å². The molecule has 2 aromatic rings. The molecule has 1 aromatic carbocycles. The molecule has 1 aliphatic carbocycles. The highest BCUT2D eigenvalue weighted by Crippen LogP contribution is 2.32. The van der Waals surface area contributed by atoms with E-state index >= 15 is 0 Å². The van der Waals surface area contributed by atoms with Crippen molar-refractivity contribution in [2.75, 3.05) is 5.32 Å². The van der Waals surface area contributed by atoms with Gasteiger partial charge in [-0.3, -0.25) is 10.1 Å². The minimum atomic E-state index is -0.0720. The largest absolute Gasteiger partial charge is 0.298 e. The van der Waals surface area contributed by atoms with Crippen LogP contribution < -0.4 is 5.32 Å². The summed E-state index contributed by atoms with van der Waals surface area (Å²) in [6.45, 7) is 6.35. The van der Waals surface area contributed by atoms with Crippen LogP contribution in [0.25, 0.3) is 0 Å². The Balaban J connectivity index is 1.77. The molecule has 0 spiro atoms. The average molecular weight is 300 g/mol. The van der Waals surface area contributed by atoms with E-state index < -0.39 is 0 Å². The number of fused-ring (bicyclic) bond motifs is 1. The second-order valence-corrected chi connectivity index (χ2v) is 7.07. The maximum Gasteiger partial charge on any atom is 0.257 e. The van der Waals surface area contributed by atoms with Crippen LogP contribution in [-0.4, -0.2) is 10.9 Å². The number of hydrogen-bond donors (Lipinski definition) is 1. The number of amides is 1. The molecule has 1 atom stereocenters. The summed E-state index contributed by atoms with van der Waals surface area (Å²) in [6.07, 6.45) is 3.32. The molecule has 1 heterocycles. The summed E-state index contributed by atoms with van der Waals surface area (Å²) in [4.78, 5) is 18.2. The molecule has 4 heteroatoms. The number of nitrogens with one attached hydrogen (secondary N) is 1. The van der Waals surface area contributed by atoms with Crippen LogP contribution in [0.5, 0.6) is 0 Å². The molecule has 1 aromatic heterocycles. The maximum atomic E-state index is 12.3. The molecule has 0 radical (unpaired) electrons. The molecule has 3 nitrogen and oxygen atoms in total. The normalized spacial score (nSPS) is 17.4. The summed E-state index contributed by atoms with van der Waals surface area (Å²) in [5, 5.41) is 3.68. The van der Waals surface area contributed by atoms with Crippen molar-refractivity contribution in [1.29, 1.82) is 0 Å². The van der Waals surface area contributed by atoms with Gasteiger partial charge in [0, 0.05) is 10.4 Å². The molecule has 1 amide bonds. The lowest BCUT2D eigenvalue weighted by atomic mass is 9.93. The van der Waals surface area contributed by atoms with E-state index in [1.165, 1.54) is 22.6 Å². The van der Waals surface area contributed by atoms with Gasteiger partial charge < -0.3 is 0 Å². The summed E-state index contributed by atoms with van der Waals surface area (Å²) in [6, 6.07) is 5.78. The summed E-state index contributed by atoms with van der Waals surface area (Å²) < 4.78 is 0. The smallest absolute Gasteiger partial charge is 0.257 e. The van der Waals surface area contributed by atoms with E-state index in [9.17, 15) is 4.79 Å². The Morgan fingerprint density at radius 2 is 2.14 bits per heavy atom. The first-order valence-electron chi connectivity index (χ1n) is 7.40. The monoisotopic (exact) mass is 300 g/mol. The highest BCUT2D eigenvalue weighted by molar-refractivity contribution is 7.15. The predicted octanol–water partition coefficient (Wildman–Crippen LogP) is 4.14. The Morgan fingerprint density at radius 1 is 1.33 bits per heavy atom. The van der Waals surface area contributed by atoms with Crippen molar-refractivity contribution >= 4 is 22.4 Å². The number of rotatable bonds is 2. The Labute approximate surface area is 129 Å². The number of carbonyl (C=O) groups is 1. The molecule has 0 aliphatic heterocycles. The van der Waals surface area contributed by atoms with E-state index in [4.69, 9.17) is 0 Å². The van der Waals surface area contributed by atoms with Gasteiger partial charge in [0.1, 0.15) is 0 Å². The van der Waals surface area contributed by atoms with Gasteiger partial charge in [-0.2, -0.15) is 0 Å². The van der Waals surface area contributed by atoms with Gasteiger partial charge in [0.15, 0.2) is 5.13 Å². The van der Waals surface area contributed by atoms with Crippen molar-refractivity contribution < 1.29 is 4.79 Å². The van der Waals surface area contributed by atoms with E-state index in [1.807, 2.05) is 32.0 Å². The molecule has 21 heavy (non-hydrogen) atoms. The van der Waals surface area contributed by atoms with Crippen LogP contribution in [0.15, 0.2) is 18.2 Å². The Morgan fingerprint density at radius 3 is 2.90 bits per heavy atom. The van der Waals surface area contributed by atoms with Gasteiger partial charge in [0.05, 0.1) is 5.69 Å². The maximum absolute atomic E-state index is 12.3. The number of carbonyl (C=O) groups excluding carboxylic acids is 1. The minimum Gasteiger partial charge on any atom is -0.298 e. The fourth-order valence-electron chi connectivity index (χ4n) is 2.65. The lowest BCUT2D eigenvalue weighted by Crippen LogP contribution is -2.12. The van der Waals surface area contributed by atoms with Crippen LogP contribution in [0, 0.1) is 19.8 Å². The van der Waals surface area contributed by atoms with Crippen LogP contribution in [0.2, 0.25) is 0 Å². The van der Waals surface area contributed by atoms with Crippen LogP contribution in [0.3, 0.4) is 0 Å². The van der Waals surface area contributed by atoms with E-state index in [0.717, 1.165) is 29.5 Å². The number of thiazole rings is 1. The van der Waals surface area contributed by atoms with E-state index in [1.54, 1.807) is 11.3 Å². The molecule has 1 aliphatic rings. The Bertz CT molecular complexity index is 690. The standard InChI is InChI=1S/C17H20N2OS/c1-10-4-7-14-15(8-10)21-17(18-14)19-16(20)13-6-5-11(2)12(3)9-13/h5-6,9-10H,4,7-8H2,1-3H3,(H,18,19,20). The van der Waals surface area contributed by atoms with Crippen LogP contribution in [-0.2, 0) is 12.8 Å².